The zero-order chi connectivity index (χ0) is 14.9. The minimum absolute atomic E-state index is 0. The molecule has 112 valence electrons. The van der Waals surface area contributed by atoms with Crippen molar-refractivity contribution in [2.24, 2.45) is 0 Å². The first-order valence-electron chi connectivity index (χ1n) is 7.18. The molecule has 0 unspecified atom stereocenters. The average molecular weight is 363 g/mol. The molecule has 0 radical (unpaired) electrons. The molecule has 2 aromatic rings. The van der Waals surface area contributed by atoms with Crippen LogP contribution in [0.4, 0.5) is 0 Å². The van der Waals surface area contributed by atoms with E-state index in [4.69, 9.17) is 0 Å². The van der Waals surface area contributed by atoms with E-state index in [9.17, 15) is 10.2 Å². The van der Waals surface area contributed by atoms with Gasteiger partial charge in [0.2, 0.25) is 0 Å². The molecule has 0 amide bonds. The molecule has 6 heteroatoms. The Morgan fingerprint density at radius 2 is 1.04 bits per heavy atom. The molecule has 2 aromatic carbocycles. The molecule has 0 saturated carbocycles. The van der Waals surface area contributed by atoms with Crippen molar-refractivity contribution in [2.45, 2.75) is 19.5 Å². The van der Waals surface area contributed by atoms with E-state index in [0.717, 1.165) is 30.6 Å². The fourth-order valence-corrected chi connectivity index (χ4v) is 2.08. The zero-order valence-electron chi connectivity index (χ0n) is 14.0. The van der Waals surface area contributed by atoms with E-state index in [1.54, 1.807) is 24.3 Å². The van der Waals surface area contributed by atoms with Crippen LogP contribution in [-0.2, 0) is 13.1 Å². The number of nitrogens with one attached hydrogen (secondary N) is 2. The summed E-state index contributed by atoms with van der Waals surface area (Å²) >= 11 is 0. The van der Waals surface area contributed by atoms with Crippen LogP contribution in [0.3, 0.4) is 0 Å². The van der Waals surface area contributed by atoms with E-state index < -0.39 is 0 Å². The molecule has 0 bridgehead atoms. The van der Waals surface area contributed by atoms with Crippen LogP contribution >= 0.6 is 0 Å². The van der Waals surface area contributed by atoms with E-state index >= 15 is 0 Å². The Bertz CT molecular complexity index is 518. The number of hydrogen-bond acceptors (Lipinski definition) is 4. The summed E-state index contributed by atoms with van der Waals surface area (Å²) in [5.41, 5.74) is 1.59. The fourth-order valence-electron chi connectivity index (χ4n) is 2.08. The van der Waals surface area contributed by atoms with Gasteiger partial charge in [-0.05, 0) is 30.6 Å². The van der Waals surface area contributed by atoms with Crippen LogP contribution in [0.15, 0.2) is 48.5 Å². The Kier molecular flexibility index (Phi) is 15.2. The van der Waals surface area contributed by atoms with Gasteiger partial charge in [0.1, 0.15) is 0 Å². The van der Waals surface area contributed by atoms with Crippen molar-refractivity contribution in [3.8, 4) is 11.5 Å². The molecule has 0 aliphatic carbocycles. The molecule has 0 spiro atoms. The predicted octanol–water partition coefficient (Wildman–Crippen LogP) is -4.89. The minimum atomic E-state index is 0. The average Bonchev–Trinajstić information content (AvgIpc) is 2.50. The molecule has 0 saturated heterocycles. The van der Waals surface area contributed by atoms with Crippen molar-refractivity contribution >= 4 is 0 Å². The van der Waals surface area contributed by atoms with Crippen molar-refractivity contribution < 1.29 is 113 Å². The van der Waals surface area contributed by atoms with Gasteiger partial charge in [0.05, 0.1) is 0 Å². The molecule has 0 aliphatic rings. The van der Waals surface area contributed by atoms with E-state index in [1.807, 2.05) is 24.3 Å². The maximum atomic E-state index is 11.5. The maximum absolute atomic E-state index is 11.5. The van der Waals surface area contributed by atoms with Crippen molar-refractivity contribution in [2.75, 3.05) is 13.1 Å². The third-order valence-corrected chi connectivity index (χ3v) is 3.28. The monoisotopic (exact) mass is 362 g/mol. The summed E-state index contributed by atoms with van der Waals surface area (Å²) in [7, 11) is 0. The van der Waals surface area contributed by atoms with E-state index in [0.29, 0.717) is 13.1 Å². The second-order valence-electron chi connectivity index (χ2n) is 4.92. The molecule has 2 N–H and O–H groups in total. The quantitative estimate of drug-likeness (QED) is 0.365. The third kappa shape index (κ3) is 9.48. The first-order valence-corrected chi connectivity index (χ1v) is 7.18. The summed E-state index contributed by atoms with van der Waals surface area (Å²) in [5.74, 6) is 0.158. The van der Waals surface area contributed by atoms with Gasteiger partial charge in [-0.15, -0.1) is 11.5 Å². The second kappa shape index (κ2) is 14.4. The topological polar surface area (TPSA) is 70.2 Å². The summed E-state index contributed by atoms with van der Waals surface area (Å²) in [6.07, 6.45) is 0.946. The van der Waals surface area contributed by atoms with Crippen LogP contribution in [0.5, 0.6) is 11.5 Å². The summed E-state index contributed by atoms with van der Waals surface area (Å²) in [4.78, 5) is 0. The zero-order valence-corrected chi connectivity index (χ0v) is 20.2. The van der Waals surface area contributed by atoms with E-state index in [2.05, 4.69) is 10.6 Å². The minimum Gasteiger partial charge on any atom is -0.872 e. The molecular weight excluding hydrogens is 342 g/mol. The van der Waals surface area contributed by atoms with Gasteiger partial charge in [0.15, 0.2) is 0 Å². The third-order valence-electron chi connectivity index (χ3n) is 3.28. The van der Waals surface area contributed by atoms with Crippen molar-refractivity contribution in [1.29, 1.82) is 0 Å². The van der Waals surface area contributed by atoms with Gasteiger partial charge in [-0.25, -0.2) is 0 Å². The molecule has 0 atom stereocenters. The standard InChI is InChI=1S/C17H22N2O2.2K/c20-16-8-3-1-6-14(16)12-18-10-5-11-19-13-15-7-2-4-9-17(15)21;;/h1-4,6-9,18-21H,5,10-13H2;;/q;2*+1/p-2. The van der Waals surface area contributed by atoms with Crippen LogP contribution in [0.2, 0.25) is 0 Å². The SMILES string of the molecule is [K+].[K+].[O-]c1ccccc1CNCCCNCc1ccccc1[O-]. The molecule has 0 heterocycles. The fraction of sp³-hybridized carbons (Fsp3) is 0.294. The largest absolute Gasteiger partial charge is 1.00 e. The van der Waals surface area contributed by atoms with Gasteiger partial charge in [0, 0.05) is 13.1 Å². The molecule has 2 rings (SSSR count). The molecular formula is C17H20K2N2O2. The number of rotatable bonds is 8. The van der Waals surface area contributed by atoms with Gasteiger partial charge < -0.3 is 20.8 Å². The Hall–Kier alpha value is 1.23. The Morgan fingerprint density at radius 1 is 0.652 bits per heavy atom. The number of hydrogen-bond donors (Lipinski definition) is 2. The Morgan fingerprint density at radius 3 is 1.43 bits per heavy atom. The second-order valence-corrected chi connectivity index (χ2v) is 4.92. The van der Waals surface area contributed by atoms with Crippen LogP contribution in [0.1, 0.15) is 17.5 Å². The van der Waals surface area contributed by atoms with Gasteiger partial charge in [-0.1, -0.05) is 48.5 Å². The maximum Gasteiger partial charge on any atom is 1.00 e. The Labute approximate surface area is 223 Å². The van der Waals surface area contributed by atoms with Crippen LogP contribution < -0.4 is 124 Å². The van der Waals surface area contributed by atoms with Gasteiger partial charge in [-0.2, -0.15) is 0 Å². The van der Waals surface area contributed by atoms with Gasteiger partial charge >= 0.3 is 103 Å². The van der Waals surface area contributed by atoms with Crippen LogP contribution in [-0.4, -0.2) is 13.1 Å². The normalized spacial score (nSPS) is 9.74. The molecule has 0 aliphatic heterocycles. The molecule has 23 heavy (non-hydrogen) atoms. The van der Waals surface area contributed by atoms with Crippen LogP contribution in [0.25, 0.3) is 0 Å². The summed E-state index contributed by atoms with van der Waals surface area (Å²) in [6.45, 7) is 2.87. The van der Waals surface area contributed by atoms with E-state index in [-0.39, 0.29) is 114 Å². The van der Waals surface area contributed by atoms with E-state index in [1.165, 1.54) is 0 Å². The molecule has 0 aromatic heterocycles. The number of para-hydroxylation sites is 2. The first kappa shape index (κ1) is 24.2. The summed E-state index contributed by atoms with van der Waals surface area (Å²) < 4.78 is 0. The van der Waals surface area contributed by atoms with Crippen molar-refractivity contribution in [3.05, 3.63) is 59.7 Å². The predicted molar refractivity (Wildman–Crippen MR) is 79.8 cm³/mol. The van der Waals surface area contributed by atoms with Gasteiger partial charge in [-0.3, -0.25) is 0 Å². The summed E-state index contributed by atoms with van der Waals surface area (Å²) in [6, 6.07) is 14.1. The molecule has 0 fully saturated rings. The summed E-state index contributed by atoms with van der Waals surface area (Å²) in [5, 5.41) is 29.5. The van der Waals surface area contributed by atoms with Crippen molar-refractivity contribution in [3.63, 3.8) is 0 Å². The van der Waals surface area contributed by atoms with Crippen LogP contribution in [0, 0.1) is 0 Å². The Balaban J connectivity index is 0.00000242. The smallest absolute Gasteiger partial charge is 0.872 e. The van der Waals surface area contributed by atoms with Crippen molar-refractivity contribution in [1.82, 2.24) is 10.6 Å². The first-order chi connectivity index (χ1) is 10.3. The molecule has 4 nitrogen and oxygen atoms in total. The van der Waals surface area contributed by atoms with Gasteiger partial charge in [0.25, 0.3) is 0 Å². The number of benzene rings is 2.